The minimum atomic E-state index is -0.933. The molecule has 1 saturated carbocycles. The van der Waals surface area contributed by atoms with Crippen LogP contribution in [0.4, 0.5) is 8.78 Å². The predicted octanol–water partition coefficient (Wildman–Crippen LogP) is 6.14. The van der Waals surface area contributed by atoms with E-state index in [2.05, 4.69) is 13.2 Å². The van der Waals surface area contributed by atoms with E-state index in [1.165, 1.54) is 6.08 Å². The molecule has 0 amide bonds. The van der Waals surface area contributed by atoms with E-state index < -0.39 is 11.6 Å². The lowest BCUT2D eigenvalue weighted by Gasteiger charge is -2.27. The molecule has 0 unspecified atom stereocenters. The summed E-state index contributed by atoms with van der Waals surface area (Å²) in [6.07, 6.45) is 7.87. The summed E-state index contributed by atoms with van der Waals surface area (Å²) in [5, 5.41) is 0.971. The minimum Gasteiger partial charge on any atom is -0.486 e. The highest BCUT2D eigenvalue weighted by Gasteiger charge is 2.22. The smallest absolute Gasteiger partial charge is 0.201 e. The maximum absolute atomic E-state index is 14.5. The molecule has 24 heavy (non-hydrogen) atoms. The van der Waals surface area contributed by atoms with Gasteiger partial charge in [-0.2, -0.15) is 4.39 Å². The number of hydrogen-bond donors (Lipinski definition) is 0. The minimum absolute atomic E-state index is 0.0702. The fourth-order valence-electron chi connectivity index (χ4n) is 3.52. The van der Waals surface area contributed by atoms with Crippen LogP contribution in [0.2, 0.25) is 0 Å². The van der Waals surface area contributed by atoms with E-state index in [9.17, 15) is 8.78 Å². The Morgan fingerprint density at radius 3 is 2.46 bits per heavy atom. The van der Waals surface area contributed by atoms with Crippen molar-refractivity contribution in [2.75, 3.05) is 6.61 Å². The SMILES string of the molecule is C=CCOc1cc2ccc(C3CCC(C=C)CC3)cc2c(F)c1F. The second kappa shape index (κ2) is 7.16. The Morgan fingerprint density at radius 1 is 1.04 bits per heavy atom. The second-order valence-corrected chi connectivity index (χ2v) is 6.43. The Morgan fingerprint density at radius 2 is 1.79 bits per heavy atom. The summed E-state index contributed by atoms with van der Waals surface area (Å²) >= 11 is 0. The summed E-state index contributed by atoms with van der Waals surface area (Å²) in [6.45, 7) is 7.53. The van der Waals surface area contributed by atoms with Gasteiger partial charge in [0.1, 0.15) is 6.61 Å². The van der Waals surface area contributed by atoms with Gasteiger partial charge < -0.3 is 4.74 Å². The van der Waals surface area contributed by atoms with E-state index >= 15 is 0 Å². The molecule has 0 spiro atoms. The molecule has 3 heteroatoms. The normalized spacial score (nSPS) is 20.8. The van der Waals surface area contributed by atoms with E-state index in [0.717, 1.165) is 31.2 Å². The highest BCUT2D eigenvalue weighted by atomic mass is 19.2. The van der Waals surface area contributed by atoms with Gasteiger partial charge in [-0.25, -0.2) is 4.39 Å². The summed E-state index contributed by atoms with van der Waals surface area (Å²) in [5.74, 6) is -0.852. The highest BCUT2D eigenvalue weighted by Crippen LogP contribution is 2.38. The van der Waals surface area contributed by atoms with Gasteiger partial charge in [-0.05, 0) is 60.6 Å². The van der Waals surface area contributed by atoms with E-state index in [4.69, 9.17) is 4.74 Å². The van der Waals surface area contributed by atoms with Crippen molar-refractivity contribution in [3.63, 3.8) is 0 Å². The number of rotatable bonds is 5. The Kier molecular flexibility index (Phi) is 4.98. The van der Waals surface area contributed by atoms with E-state index in [0.29, 0.717) is 22.6 Å². The Bertz CT molecular complexity index is 758. The Hall–Kier alpha value is -2.16. The van der Waals surface area contributed by atoms with E-state index in [1.54, 1.807) is 12.1 Å². The van der Waals surface area contributed by atoms with Crippen LogP contribution in [0.5, 0.6) is 5.75 Å². The molecule has 2 aromatic rings. The molecule has 0 saturated heterocycles. The zero-order valence-corrected chi connectivity index (χ0v) is 13.7. The number of ether oxygens (including phenoxy) is 1. The maximum atomic E-state index is 14.5. The van der Waals surface area contributed by atoms with Gasteiger partial charge >= 0.3 is 0 Å². The number of hydrogen-bond acceptors (Lipinski definition) is 1. The maximum Gasteiger partial charge on any atom is 0.201 e. The molecular weight excluding hydrogens is 306 g/mol. The molecule has 0 atom stereocenters. The standard InChI is InChI=1S/C21H22F2O/c1-3-11-24-19-13-17-10-9-16(12-18(17)20(22)21(19)23)15-7-5-14(4-2)6-8-15/h3-4,9-10,12-15H,1-2,5-8,11H2. The highest BCUT2D eigenvalue weighted by molar-refractivity contribution is 5.85. The average molecular weight is 328 g/mol. The van der Waals surface area contributed by atoms with Crippen LogP contribution in [0, 0.1) is 17.6 Å². The lowest BCUT2D eigenvalue weighted by molar-refractivity contribution is 0.334. The van der Waals surface area contributed by atoms with Gasteiger partial charge in [0.2, 0.25) is 5.82 Å². The van der Waals surface area contributed by atoms with Crippen molar-refractivity contribution < 1.29 is 13.5 Å². The molecule has 0 aromatic heterocycles. The molecule has 1 fully saturated rings. The van der Waals surface area contributed by atoms with Crippen molar-refractivity contribution >= 4 is 10.8 Å². The summed E-state index contributed by atoms with van der Waals surface area (Å²) in [6, 6.07) is 7.23. The predicted molar refractivity (Wildman–Crippen MR) is 94.5 cm³/mol. The first kappa shape index (κ1) is 16.7. The molecule has 2 aromatic carbocycles. The van der Waals surface area contributed by atoms with Gasteiger partial charge in [-0.15, -0.1) is 6.58 Å². The molecule has 1 aliphatic rings. The molecule has 1 nitrogen and oxygen atoms in total. The van der Waals surface area contributed by atoms with Crippen LogP contribution in [0.1, 0.15) is 37.2 Å². The molecule has 3 rings (SSSR count). The summed E-state index contributed by atoms with van der Waals surface area (Å²) < 4.78 is 33.8. The molecule has 0 N–H and O–H groups in total. The van der Waals surface area contributed by atoms with Crippen molar-refractivity contribution in [1.29, 1.82) is 0 Å². The molecule has 0 heterocycles. The Labute approximate surface area is 141 Å². The summed E-state index contributed by atoms with van der Waals surface area (Å²) in [4.78, 5) is 0. The van der Waals surface area contributed by atoms with Gasteiger partial charge in [-0.3, -0.25) is 0 Å². The zero-order valence-electron chi connectivity index (χ0n) is 13.7. The largest absolute Gasteiger partial charge is 0.486 e. The number of benzene rings is 2. The van der Waals surface area contributed by atoms with Gasteiger partial charge in [-0.1, -0.05) is 30.9 Å². The summed E-state index contributed by atoms with van der Waals surface area (Å²) in [5.41, 5.74) is 1.09. The first-order valence-electron chi connectivity index (χ1n) is 8.42. The van der Waals surface area contributed by atoms with Crippen molar-refractivity contribution in [2.45, 2.75) is 31.6 Å². The molecule has 0 radical (unpaired) electrons. The van der Waals surface area contributed by atoms with Crippen LogP contribution in [0.25, 0.3) is 10.8 Å². The van der Waals surface area contributed by atoms with Crippen LogP contribution in [-0.4, -0.2) is 6.61 Å². The van der Waals surface area contributed by atoms with E-state index in [-0.39, 0.29) is 12.4 Å². The fraction of sp³-hybridized carbons (Fsp3) is 0.333. The zero-order chi connectivity index (χ0) is 17.1. The van der Waals surface area contributed by atoms with Crippen LogP contribution in [-0.2, 0) is 0 Å². The fourth-order valence-corrected chi connectivity index (χ4v) is 3.52. The lowest BCUT2D eigenvalue weighted by Crippen LogP contribution is -2.11. The third kappa shape index (κ3) is 3.21. The third-order valence-corrected chi connectivity index (χ3v) is 4.94. The van der Waals surface area contributed by atoms with Gasteiger partial charge in [0.15, 0.2) is 11.6 Å². The first-order valence-corrected chi connectivity index (χ1v) is 8.42. The average Bonchev–Trinajstić information content (AvgIpc) is 2.63. The Balaban J connectivity index is 1.92. The van der Waals surface area contributed by atoms with Crippen molar-refractivity contribution in [3.8, 4) is 5.75 Å². The molecule has 0 aliphatic heterocycles. The number of halogens is 2. The monoisotopic (exact) mass is 328 g/mol. The first-order chi connectivity index (χ1) is 11.6. The van der Waals surface area contributed by atoms with Crippen molar-refractivity contribution in [1.82, 2.24) is 0 Å². The van der Waals surface area contributed by atoms with Crippen molar-refractivity contribution in [3.05, 3.63) is 66.8 Å². The number of allylic oxidation sites excluding steroid dienone is 1. The molecular formula is C21H22F2O. The summed E-state index contributed by atoms with van der Waals surface area (Å²) in [7, 11) is 0. The van der Waals surface area contributed by atoms with Crippen LogP contribution < -0.4 is 4.74 Å². The van der Waals surface area contributed by atoms with Gasteiger partial charge in [0.25, 0.3) is 0 Å². The van der Waals surface area contributed by atoms with Crippen LogP contribution >= 0.6 is 0 Å². The molecule has 0 bridgehead atoms. The van der Waals surface area contributed by atoms with E-state index in [1.807, 2.05) is 18.2 Å². The van der Waals surface area contributed by atoms with Crippen LogP contribution in [0.15, 0.2) is 49.6 Å². The van der Waals surface area contributed by atoms with Gasteiger partial charge in [0.05, 0.1) is 0 Å². The molecule has 126 valence electrons. The third-order valence-electron chi connectivity index (χ3n) is 4.94. The number of fused-ring (bicyclic) bond motifs is 1. The van der Waals surface area contributed by atoms with Gasteiger partial charge in [0, 0.05) is 5.39 Å². The lowest BCUT2D eigenvalue weighted by atomic mass is 9.78. The van der Waals surface area contributed by atoms with Crippen LogP contribution in [0.3, 0.4) is 0 Å². The topological polar surface area (TPSA) is 9.23 Å². The van der Waals surface area contributed by atoms with Crippen molar-refractivity contribution in [2.24, 2.45) is 5.92 Å². The second-order valence-electron chi connectivity index (χ2n) is 6.43. The molecule has 1 aliphatic carbocycles. The quantitative estimate of drug-likeness (QED) is 0.599.